The van der Waals surface area contributed by atoms with E-state index in [1.165, 1.54) is 0 Å². The topological polar surface area (TPSA) is 78.5 Å². The molecule has 1 atom stereocenters. The summed E-state index contributed by atoms with van der Waals surface area (Å²) in [4.78, 5) is 12.7. The van der Waals surface area contributed by atoms with Gasteiger partial charge in [-0.2, -0.15) is 0 Å². The summed E-state index contributed by atoms with van der Waals surface area (Å²) in [5.41, 5.74) is 0.0110. The summed E-state index contributed by atoms with van der Waals surface area (Å²) in [5, 5.41) is 0. The third kappa shape index (κ3) is 4.68. The molecule has 3 aromatic carbocycles. The molecule has 0 radical (unpaired) electrons. The minimum atomic E-state index is -2.61. The van der Waals surface area contributed by atoms with Gasteiger partial charge in [0.1, 0.15) is 5.75 Å². The number of para-hydroxylation sites is 1. The van der Waals surface area contributed by atoms with E-state index in [0.717, 1.165) is 0 Å². The van der Waals surface area contributed by atoms with Crippen LogP contribution in [0.25, 0.3) is 0 Å². The molecule has 0 aliphatic rings. The van der Waals surface area contributed by atoms with Gasteiger partial charge in [0.05, 0.1) is 12.0 Å². The number of rotatable bonds is 7. The van der Waals surface area contributed by atoms with Gasteiger partial charge in [0, 0.05) is 11.3 Å². The normalized spacial score (nSPS) is 12.3. The summed E-state index contributed by atoms with van der Waals surface area (Å²) in [7, 11) is 0. The lowest BCUT2D eigenvalue weighted by Gasteiger charge is -2.36. The number of benzene rings is 3. The standard InChI is InChI=1S/C21H19NO4S/c23-20(26-19-14-8-3-9-15-19)16-21(22-27(24)25,17-10-4-1-5-11-17)18-12-6-2-7-13-18/h1-15,22H,16H2,(H,24,25)/p-1. The Morgan fingerprint density at radius 3 is 1.74 bits per heavy atom. The van der Waals surface area contributed by atoms with Crippen LogP contribution in [-0.2, 0) is 21.6 Å². The highest BCUT2D eigenvalue weighted by atomic mass is 32.2. The van der Waals surface area contributed by atoms with Crippen LogP contribution in [-0.4, -0.2) is 14.7 Å². The fourth-order valence-electron chi connectivity index (χ4n) is 2.98. The van der Waals surface area contributed by atoms with Gasteiger partial charge in [-0.05, 0) is 23.3 Å². The average Bonchev–Trinajstić information content (AvgIpc) is 2.69. The Morgan fingerprint density at radius 1 is 0.852 bits per heavy atom. The molecular formula is C21H18NO4S-. The molecule has 5 nitrogen and oxygen atoms in total. The summed E-state index contributed by atoms with van der Waals surface area (Å²) in [6.45, 7) is 0. The summed E-state index contributed by atoms with van der Waals surface area (Å²) in [6.07, 6.45) is -0.204. The minimum Gasteiger partial charge on any atom is -0.760 e. The lowest BCUT2D eigenvalue weighted by Crippen LogP contribution is -2.46. The number of hydrogen-bond donors (Lipinski definition) is 1. The highest BCUT2D eigenvalue weighted by Crippen LogP contribution is 2.34. The zero-order valence-electron chi connectivity index (χ0n) is 14.4. The van der Waals surface area contributed by atoms with Crippen molar-refractivity contribution >= 4 is 17.2 Å². The molecule has 0 saturated heterocycles. The summed E-state index contributed by atoms with van der Waals surface area (Å²) in [5.74, 6) is -0.146. The van der Waals surface area contributed by atoms with Gasteiger partial charge >= 0.3 is 5.97 Å². The molecule has 0 aliphatic carbocycles. The van der Waals surface area contributed by atoms with Crippen molar-refractivity contribution in [2.75, 3.05) is 0 Å². The van der Waals surface area contributed by atoms with Gasteiger partial charge in [-0.15, -0.1) is 0 Å². The van der Waals surface area contributed by atoms with E-state index in [2.05, 4.69) is 4.72 Å². The van der Waals surface area contributed by atoms with Crippen LogP contribution < -0.4 is 9.46 Å². The van der Waals surface area contributed by atoms with E-state index < -0.39 is 22.8 Å². The third-order valence-corrected chi connectivity index (χ3v) is 4.69. The van der Waals surface area contributed by atoms with Crippen molar-refractivity contribution in [3.05, 3.63) is 102 Å². The molecule has 0 amide bonds. The van der Waals surface area contributed by atoms with E-state index in [-0.39, 0.29) is 6.42 Å². The van der Waals surface area contributed by atoms with Gasteiger partial charge in [0.15, 0.2) is 0 Å². The Labute approximate surface area is 160 Å². The van der Waals surface area contributed by atoms with E-state index in [0.29, 0.717) is 16.9 Å². The maximum absolute atomic E-state index is 12.7. The lowest BCUT2D eigenvalue weighted by molar-refractivity contribution is -0.135. The number of ether oxygens (including phenoxy) is 1. The van der Waals surface area contributed by atoms with Crippen molar-refractivity contribution in [1.29, 1.82) is 0 Å². The molecule has 0 aromatic heterocycles. The molecule has 0 heterocycles. The van der Waals surface area contributed by atoms with Crippen LogP contribution in [0.2, 0.25) is 0 Å². The first kappa shape index (κ1) is 19.0. The van der Waals surface area contributed by atoms with E-state index in [4.69, 9.17) is 4.74 Å². The summed E-state index contributed by atoms with van der Waals surface area (Å²) in [6, 6.07) is 26.6. The summed E-state index contributed by atoms with van der Waals surface area (Å²) < 4.78 is 31.2. The smallest absolute Gasteiger partial charge is 0.313 e. The molecule has 6 heteroatoms. The predicted molar refractivity (Wildman–Crippen MR) is 102 cm³/mol. The van der Waals surface area contributed by atoms with Crippen molar-refractivity contribution in [2.45, 2.75) is 12.0 Å². The first-order valence-corrected chi connectivity index (χ1v) is 9.41. The molecule has 0 spiro atoms. The minimum absolute atomic E-state index is 0.204. The molecule has 138 valence electrons. The number of esters is 1. The molecule has 3 rings (SSSR count). The van der Waals surface area contributed by atoms with Gasteiger partial charge in [-0.25, -0.2) is 4.72 Å². The lowest BCUT2D eigenvalue weighted by atomic mass is 9.81. The Bertz CT molecular complexity index is 862. The Morgan fingerprint density at radius 2 is 1.30 bits per heavy atom. The van der Waals surface area contributed by atoms with Gasteiger partial charge in [0.25, 0.3) is 0 Å². The highest BCUT2D eigenvalue weighted by molar-refractivity contribution is 7.77. The van der Waals surface area contributed by atoms with E-state index in [1.54, 1.807) is 72.8 Å². The van der Waals surface area contributed by atoms with Crippen LogP contribution in [0.4, 0.5) is 0 Å². The van der Waals surface area contributed by atoms with Crippen molar-refractivity contribution in [3.63, 3.8) is 0 Å². The zero-order valence-corrected chi connectivity index (χ0v) is 15.2. The monoisotopic (exact) mass is 380 g/mol. The first-order chi connectivity index (χ1) is 13.1. The molecule has 0 fully saturated rings. The highest BCUT2D eigenvalue weighted by Gasteiger charge is 2.37. The SMILES string of the molecule is O=C(CC(NS(=O)[O-])(c1ccccc1)c1ccccc1)Oc1ccccc1. The number of carbonyl (C=O) groups excluding carboxylic acids is 1. The van der Waals surface area contributed by atoms with Crippen molar-refractivity contribution in [3.8, 4) is 5.75 Å². The molecule has 0 bridgehead atoms. The fourth-order valence-corrected chi connectivity index (χ4v) is 3.58. The third-order valence-electron chi connectivity index (χ3n) is 4.18. The molecule has 27 heavy (non-hydrogen) atoms. The van der Waals surface area contributed by atoms with Gasteiger partial charge in [-0.1, -0.05) is 78.9 Å². The second kappa shape index (κ2) is 8.73. The Balaban J connectivity index is 2.03. The average molecular weight is 380 g/mol. The van der Waals surface area contributed by atoms with Crippen LogP contribution in [0.15, 0.2) is 91.0 Å². The van der Waals surface area contributed by atoms with Crippen LogP contribution in [0.5, 0.6) is 5.75 Å². The van der Waals surface area contributed by atoms with E-state index >= 15 is 0 Å². The Kier molecular flexibility index (Phi) is 6.13. The van der Waals surface area contributed by atoms with E-state index in [9.17, 15) is 13.6 Å². The predicted octanol–water partition coefficient (Wildman–Crippen LogP) is 3.31. The van der Waals surface area contributed by atoms with Crippen LogP contribution in [0.3, 0.4) is 0 Å². The molecule has 3 aromatic rings. The van der Waals surface area contributed by atoms with Crippen molar-refractivity contribution in [2.24, 2.45) is 0 Å². The van der Waals surface area contributed by atoms with Gasteiger partial charge in [0.2, 0.25) is 0 Å². The van der Waals surface area contributed by atoms with Gasteiger partial charge in [-0.3, -0.25) is 9.00 Å². The van der Waals surface area contributed by atoms with Crippen molar-refractivity contribution in [1.82, 2.24) is 4.72 Å². The van der Waals surface area contributed by atoms with Crippen LogP contribution in [0, 0.1) is 0 Å². The molecule has 0 saturated carbocycles. The van der Waals surface area contributed by atoms with Crippen molar-refractivity contribution < 1.29 is 18.3 Å². The fraction of sp³-hybridized carbons (Fsp3) is 0.0952. The first-order valence-electron chi connectivity index (χ1n) is 8.34. The molecule has 1 N–H and O–H groups in total. The van der Waals surface area contributed by atoms with Crippen LogP contribution >= 0.6 is 0 Å². The number of carbonyl (C=O) groups is 1. The second-order valence-corrected chi connectivity index (χ2v) is 6.61. The molecule has 1 unspecified atom stereocenters. The quantitative estimate of drug-likeness (QED) is 0.387. The largest absolute Gasteiger partial charge is 0.760 e. The molecular weight excluding hydrogens is 362 g/mol. The summed E-state index contributed by atoms with van der Waals surface area (Å²) >= 11 is -2.61. The van der Waals surface area contributed by atoms with E-state index in [1.807, 2.05) is 18.2 Å². The number of nitrogens with one attached hydrogen (secondary N) is 1. The second-order valence-electron chi connectivity index (χ2n) is 5.94. The molecule has 0 aliphatic heterocycles. The van der Waals surface area contributed by atoms with Crippen LogP contribution in [0.1, 0.15) is 17.5 Å². The zero-order chi connectivity index (χ0) is 19.1. The van der Waals surface area contributed by atoms with Gasteiger partial charge < -0.3 is 9.29 Å². The maximum Gasteiger partial charge on any atom is 0.313 e. The number of hydrogen-bond acceptors (Lipinski definition) is 4. The maximum atomic E-state index is 12.7. The Hall–Kier alpha value is -2.80.